The minimum atomic E-state index is -4.41. The van der Waals surface area contributed by atoms with Gasteiger partial charge < -0.3 is 10.2 Å². The number of halogens is 4. The van der Waals surface area contributed by atoms with Gasteiger partial charge in [0.25, 0.3) is 5.91 Å². The Kier molecular flexibility index (Phi) is 7.30. The van der Waals surface area contributed by atoms with E-state index >= 15 is 0 Å². The van der Waals surface area contributed by atoms with E-state index in [2.05, 4.69) is 5.32 Å². The Hall–Kier alpha value is -2.54. The molecule has 29 heavy (non-hydrogen) atoms. The van der Waals surface area contributed by atoms with Crippen molar-refractivity contribution >= 4 is 23.4 Å². The summed E-state index contributed by atoms with van der Waals surface area (Å²) in [4.78, 5) is 26.8. The van der Waals surface area contributed by atoms with Crippen molar-refractivity contribution < 1.29 is 22.8 Å². The highest BCUT2D eigenvalue weighted by Gasteiger charge is 2.30. The second-order valence-corrected chi connectivity index (χ2v) is 7.47. The van der Waals surface area contributed by atoms with Gasteiger partial charge in [-0.25, -0.2) is 0 Å². The van der Waals surface area contributed by atoms with Crippen LogP contribution < -0.4 is 5.32 Å². The van der Waals surface area contributed by atoms with Gasteiger partial charge in [0.05, 0.1) is 16.1 Å². The van der Waals surface area contributed by atoms with Gasteiger partial charge in [-0.3, -0.25) is 9.59 Å². The van der Waals surface area contributed by atoms with E-state index in [1.807, 2.05) is 0 Å². The molecule has 0 bridgehead atoms. The van der Waals surface area contributed by atoms with Gasteiger partial charge in [0, 0.05) is 13.6 Å². The van der Waals surface area contributed by atoms with Crippen LogP contribution in [0, 0.1) is 5.92 Å². The van der Waals surface area contributed by atoms with E-state index in [9.17, 15) is 22.8 Å². The molecule has 0 radical (unpaired) electrons. The molecule has 0 aromatic heterocycles. The minimum Gasteiger partial charge on any atom is -0.340 e. The summed E-state index contributed by atoms with van der Waals surface area (Å²) >= 11 is 6.04. The molecule has 0 unspecified atom stereocenters. The summed E-state index contributed by atoms with van der Waals surface area (Å²) in [5, 5.41) is 2.98. The van der Waals surface area contributed by atoms with Crippen LogP contribution in [0.4, 0.5) is 13.2 Å². The average Bonchev–Trinajstić information content (AvgIpc) is 2.65. The Bertz CT molecular complexity index is 867. The zero-order valence-corrected chi connectivity index (χ0v) is 17.0. The van der Waals surface area contributed by atoms with Gasteiger partial charge in [-0.05, 0) is 35.7 Å². The third-order valence-corrected chi connectivity index (χ3v) is 4.74. The van der Waals surface area contributed by atoms with E-state index in [1.165, 1.54) is 24.1 Å². The van der Waals surface area contributed by atoms with Crippen LogP contribution in [0.1, 0.15) is 35.3 Å². The Morgan fingerprint density at radius 2 is 1.66 bits per heavy atom. The van der Waals surface area contributed by atoms with Crippen LogP contribution in [0.15, 0.2) is 48.5 Å². The molecule has 0 saturated carbocycles. The predicted octanol–water partition coefficient (Wildman–Crippen LogP) is 4.77. The Balaban J connectivity index is 2.10. The smallest absolute Gasteiger partial charge is 0.340 e. The highest BCUT2D eigenvalue weighted by atomic mass is 35.5. The van der Waals surface area contributed by atoms with E-state index in [0.29, 0.717) is 5.56 Å². The first kappa shape index (κ1) is 22.7. The van der Waals surface area contributed by atoms with Crippen molar-refractivity contribution in [3.63, 3.8) is 0 Å². The zero-order chi connectivity index (χ0) is 21.8. The minimum absolute atomic E-state index is 0.113. The van der Waals surface area contributed by atoms with Crippen LogP contribution in [0.3, 0.4) is 0 Å². The average molecular weight is 427 g/mol. The van der Waals surface area contributed by atoms with Crippen molar-refractivity contribution in [1.29, 1.82) is 0 Å². The number of carbonyl (C=O) groups is 2. The van der Waals surface area contributed by atoms with Crippen LogP contribution >= 0.6 is 11.6 Å². The summed E-state index contributed by atoms with van der Waals surface area (Å²) in [5.41, 5.74) is 0.0640. The summed E-state index contributed by atoms with van der Waals surface area (Å²) < 4.78 is 38.0. The topological polar surface area (TPSA) is 49.4 Å². The molecule has 0 saturated heterocycles. The molecule has 0 aliphatic heterocycles. The van der Waals surface area contributed by atoms with Crippen molar-refractivity contribution in [2.45, 2.75) is 32.6 Å². The fraction of sp³-hybridized carbons (Fsp3) is 0.333. The summed E-state index contributed by atoms with van der Waals surface area (Å²) in [7, 11) is 1.54. The number of likely N-dealkylation sites (N-methyl/N-ethyl adjacent to an activating group) is 1. The normalized spacial score (nSPS) is 12.6. The molecule has 0 heterocycles. The zero-order valence-electron chi connectivity index (χ0n) is 16.3. The number of carbonyl (C=O) groups excluding carboxylic acids is 2. The van der Waals surface area contributed by atoms with Crippen molar-refractivity contribution in [1.82, 2.24) is 10.2 Å². The number of nitrogens with one attached hydrogen (secondary N) is 1. The maximum absolute atomic E-state index is 12.9. The number of amides is 2. The van der Waals surface area contributed by atoms with Crippen molar-refractivity contribution in [2.24, 2.45) is 5.92 Å². The van der Waals surface area contributed by atoms with Crippen LogP contribution in [0.25, 0.3) is 0 Å². The summed E-state index contributed by atoms with van der Waals surface area (Å²) in [6, 6.07) is 10.3. The molecule has 0 fully saturated rings. The fourth-order valence-electron chi connectivity index (χ4n) is 2.77. The number of alkyl halides is 3. The van der Waals surface area contributed by atoms with Crippen LogP contribution in [-0.2, 0) is 17.5 Å². The van der Waals surface area contributed by atoms with Crippen LogP contribution in [0.2, 0.25) is 5.02 Å². The fourth-order valence-corrected chi connectivity index (χ4v) is 2.99. The standard InChI is InChI=1S/C21H22ClF3N2O2/c1-13(2)18(26-19(28)16-6-4-5-7-17(16)22)20(29)27(3)12-14-8-10-15(11-9-14)21(23,24)25/h4-11,13,18H,12H2,1-3H3,(H,26,28)/t18-/m0/s1. The van der Waals surface area contributed by atoms with Crippen molar-refractivity contribution in [2.75, 3.05) is 7.05 Å². The highest BCUT2D eigenvalue weighted by Crippen LogP contribution is 2.29. The molecule has 8 heteroatoms. The first-order valence-corrected chi connectivity index (χ1v) is 9.35. The molecule has 2 aromatic rings. The van der Waals surface area contributed by atoms with E-state index in [1.54, 1.807) is 38.1 Å². The molecule has 0 aliphatic carbocycles. The SMILES string of the molecule is CC(C)[C@H](NC(=O)c1ccccc1Cl)C(=O)N(C)Cc1ccc(C(F)(F)F)cc1. The first-order chi connectivity index (χ1) is 13.5. The van der Waals surface area contributed by atoms with E-state index in [0.717, 1.165) is 12.1 Å². The number of hydrogen-bond donors (Lipinski definition) is 1. The van der Waals surface area contributed by atoms with E-state index < -0.39 is 23.7 Å². The number of benzene rings is 2. The largest absolute Gasteiger partial charge is 0.416 e. The second-order valence-electron chi connectivity index (χ2n) is 7.06. The number of hydrogen-bond acceptors (Lipinski definition) is 2. The molecule has 1 atom stereocenters. The molecular formula is C21H22ClF3N2O2. The van der Waals surface area contributed by atoms with Gasteiger partial charge in [0.2, 0.25) is 5.91 Å². The molecule has 2 aromatic carbocycles. The molecule has 4 nitrogen and oxygen atoms in total. The van der Waals surface area contributed by atoms with Crippen molar-refractivity contribution in [3.8, 4) is 0 Å². The molecule has 0 spiro atoms. The second kappa shape index (κ2) is 9.31. The molecular weight excluding hydrogens is 405 g/mol. The van der Waals surface area contributed by atoms with Gasteiger partial charge in [-0.15, -0.1) is 0 Å². The molecule has 2 rings (SSSR count). The van der Waals surface area contributed by atoms with Gasteiger partial charge in [-0.2, -0.15) is 13.2 Å². The third-order valence-electron chi connectivity index (χ3n) is 4.42. The van der Waals surface area contributed by atoms with Crippen molar-refractivity contribution in [3.05, 3.63) is 70.2 Å². The maximum atomic E-state index is 12.9. The molecule has 2 amide bonds. The monoisotopic (exact) mass is 426 g/mol. The van der Waals surface area contributed by atoms with Gasteiger partial charge >= 0.3 is 6.18 Å². The summed E-state index contributed by atoms with van der Waals surface area (Å²) in [6.07, 6.45) is -4.41. The quantitative estimate of drug-likeness (QED) is 0.723. The Labute approximate surface area is 172 Å². The molecule has 1 N–H and O–H groups in total. The predicted molar refractivity (Wildman–Crippen MR) is 105 cm³/mol. The lowest BCUT2D eigenvalue weighted by Crippen LogP contribution is -2.50. The van der Waals surface area contributed by atoms with Crippen LogP contribution in [0.5, 0.6) is 0 Å². The lowest BCUT2D eigenvalue weighted by Gasteiger charge is -2.27. The van der Waals surface area contributed by atoms with Gasteiger partial charge in [0.15, 0.2) is 0 Å². The highest BCUT2D eigenvalue weighted by molar-refractivity contribution is 6.33. The third kappa shape index (κ3) is 5.97. The van der Waals surface area contributed by atoms with E-state index in [4.69, 9.17) is 11.6 Å². The van der Waals surface area contributed by atoms with Gasteiger partial charge in [-0.1, -0.05) is 49.7 Å². The summed E-state index contributed by atoms with van der Waals surface area (Å²) in [6.45, 7) is 3.70. The first-order valence-electron chi connectivity index (χ1n) is 8.97. The molecule has 0 aliphatic rings. The lowest BCUT2D eigenvalue weighted by molar-refractivity contribution is -0.137. The number of rotatable bonds is 6. The number of nitrogens with zero attached hydrogens (tertiary/aromatic N) is 1. The lowest BCUT2D eigenvalue weighted by atomic mass is 10.0. The summed E-state index contributed by atoms with van der Waals surface area (Å²) in [5.74, 6) is -1.02. The van der Waals surface area contributed by atoms with Gasteiger partial charge in [0.1, 0.15) is 6.04 Å². The van der Waals surface area contributed by atoms with E-state index in [-0.39, 0.29) is 29.0 Å². The Morgan fingerprint density at radius 1 is 1.07 bits per heavy atom. The Morgan fingerprint density at radius 3 is 2.17 bits per heavy atom. The molecule has 156 valence electrons. The maximum Gasteiger partial charge on any atom is 0.416 e. The van der Waals surface area contributed by atoms with Crippen LogP contribution in [-0.4, -0.2) is 29.8 Å².